The second kappa shape index (κ2) is 4.78. The van der Waals surface area contributed by atoms with Crippen molar-refractivity contribution < 1.29 is 5.11 Å². The van der Waals surface area contributed by atoms with Crippen molar-refractivity contribution in [3.8, 4) is 11.3 Å². The molecule has 6 nitrogen and oxygen atoms in total. The highest BCUT2D eigenvalue weighted by atomic mass is 16.3. The van der Waals surface area contributed by atoms with Crippen LogP contribution in [0.4, 0.5) is 5.82 Å². The SMILES string of the molecule is CC1(O)CCN(c2cc(-c3ccccc3)nc3ncnn23)C1. The van der Waals surface area contributed by atoms with E-state index in [4.69, 9.17) is 0 Å². The first-order chi connectivity index (χ1) is 10.6. The maximum atomic E-state index is 10.2. The minimum absolute atomic E-state index is 0.572. The minimum Gasteiger partial charge on any atom is -0.388 e. The normalized spacial score (nSPS) is 21.6. The number of hydrogen-bond donors (Lipinski definition) is 1. The molecule has 1 aliphatic rings. The Kier molecular flexibility index (Phi) is 2.87. The topological polar surface area (TPSA) is 66.5 Å². The van der Waals surface area contributed by atoms with E-state index >= 15 is 0 Å². The lowest BCUT2D eigenvalue weighted by molar-refractivity contribution is 0.0839. The molecular weight excluding hydrogens is 278 g/mol. The molecule has 0 spiro atoms. The van der Waals surface area contributed by atoms with Crippen molar-refractivity contribution in [2.24, 2.45) is 0 Å². The van der Waals surface area contributed by atoms with E-state index in [1.807, 2.05) is 43.3 Å². The zero-order valence-electron chi connectivity index (χ0n) is 12.3. The van der Waals surface area contributed by atoms with Crippen LogP contribution in [0.15, 0.2) is 42.7 Å². The highest BCUT2D eigenvalue weighted by Crippen LogP contribution is 2.29. The number of benzene rings is 1. The van der Waals surface area contributed by atoms with Gasteiger partial charge in [0, 0.05) is 24.7 Å². The molecule has 1 aromatic carbocycles. The number of hydrogen-bond acceptors (Lipinski definition) is 5. The number of rotatable bonds is 2. The molecule has 3 aromatic rings. The summed E-state index contributed by atoms with van der Waals surface area (Å²) in [5.41, 5.74) is 1.24. The molecule has 1 N–H and O–H groups in total. The molecule has 0 saturated carbocycles. The predicted molar refractivity (Wildman–Crippen MR) is 83.7 cm³/mol. The average molecular weight is 295 g/mol. The van der Waals surface area contributed by atoms with Crippen LogP contribution in [0.25, 0.3) is 17.0 Å². The summed E-state index contributed by atoms with van der Waals surface area (Å²) in [7, 11) is 0. The smallest absolute Gasteiger partial charge is 0.254 e. The lowest BCUT2D eigenvalue weighted by Crippen LogP contribution is -2.30. The number of aliphatic hydroxyl groups is 1. The van der Waals surface area contributed by atoms with Crippen molar-refractivity contribution >= 4 is 11.6 Å². The zero-order chi connectivity index (χ0) is 15.2. The highest BCUT2D eigenvalue weighted by molar-refractivity contribution is 5.66. The summed E-state index contributed by atoms with van der Waals surface area (Å²) in [5, 5.41) is 14.5. The lowest BCUT2D eigenvalue weighted by atomic mass is 10.1. The van der Waals surface area contributed by atoms with E-state index in [2.05, 4.69) is 20.0 Å². The van der Waals surface area contributed by atoms with Gasteiger partial charge in [-0.25, -0.2) is 4.98 Å². The third kappa shape index (κ3) is 2.21. The molecule has 112 valence electrons. The van der Waals surface area contributed by atoms with Gasteiger partial charge in [0.05, 0.1) is 11.3 Å². The fraction of sp³-hybridized carbons (Fsp3) is 0.312. The van der Waals surface area contributed by atoms with Crippen molar-refractivity contribution in [2.75, 3.05) is 18.0 Å². The van der Waals surface area contributed by atoms with Gasteiger partial charge in [0.1, 0.15) is 12.1 Å². The van der Waals surface area contributed by atoms with Gasteiger partial charge < -0.3 is 10.0 Å². The summed E-state index contributed by atoms with van der Waals surface area (Å²) >= 11 is 0. The number of nitrogens with zero attached hydrogens (tertiary/aromatic N) is 5. The molecule has 0 bridgehead atoms. The van der Waals surface area contributed by atoms with Crippen LogP contribution in [-0.4, -0.2) is 43.4 Å². The third-order valence-electron chi connectivity index (χ3n) is 4.08. The van der Waals surface area contributed by atoms with E-state index in [-0.39, 0.29) is 0 Å². The average Bonchev–Trinajstić information content (AvgIpc) is 3.13. The van der Waals surface area contributed by atoms with Crippen LogP contribution in [0, 0.1) is 0 Å². The molecule has 1 unspecified atom stereocenters. The molecule has 1 aliphatic heterocycles. The Morgan fingerprint density at radius 1 is 1.23 bits per heavy atom. The first-order valence-corrected chi connectivity index (χ1v) is 7.36. The Bertz CT molecular complexity index is 812. The Hall–Kier alpha value is -2.47. The maximum absolute atomic E-state index is 10.2. The Morgan fingerprint density at radius 2 is 2.05 bits per heavy atom. The molecule has 1 atom stereocenters. The van der Waals surface area contributed by atoms with Gasteiger partial charge in [-0.05, 0) is 13.3 Å². The Labute approximate surface area is 128 Å². The van der Waals surface area contributed by atoms with E-state index in [0.29, 0.717) is 12.3 Å². The fourth-order valence-electron chi connectivity index (χ4n) is 2.92. The van der Waals surface area contributed by atoms with Crippen LogP contribution < -0.4 is 4.90 Å². The molecule has 3 heterocycles. The number of fused-ring (bicyclic) bond motifs is 1. The molecular formula is C16H17N5O. The second-order valence-corrected chi connectivity index (χ2v) is 6.01. The van der Waals surface area contributed by atoms with E-state index < -0.39 is 5.60 Å². The quantitative estimate of drug-likeness (QED) is 0.780. The third-order valence-corrected chi connectivity index (χ3v) is 4.08. The first kappa shape index (κ1) is 13.2. The van der Waals surface area contributed by atoms with Crippen LogP contribution in [0.5, 0.6) is 0 Å². The van der Waals surface area contributed by atoms with E-state index in [0.717, 1.165) is 30.0 Å². The Balaban J connectivity index is 1.85. The molecule has 1 saturated heterocycles. The lowest BCUT2D eigenvalue weighted by Gasteiger charge is -2.21. The van der Waals surface area contributed by atoms with E-state index in [9.17, 15) is 5.11 Å². The molecule has 2 aromatic heterocycles. The zero-order valence-corrected chi connectivity index (χ0v) is 12.3. The predicted octanol–water partition coefficient (Wildman–Crippen LogP) is 1.75. The van der Waals surface area contributed by atoms with Gasteiger partial charge in [-0.3, -0.25) is 0 Å². The molecule has 0 aliphatic carbocycles. The largest absolute Gasteiger partial charge is 0.388 e. The summed E-state index contributed by atoms with van der Waals surface area (Å²) in [5.74, 6) is 1.49. The van der Waals surface area contributed by atoms with Gasteiger partial charge in [-0.15, -0.1) is 0 Å². The summed E-state index contributed by atoms with van der Waals surface area (Å²) in [6.45, 7) is 3.24. The summed E-state index contributed by atoms with van der Waals surface area (Å²) in [6.07, 6.45) is 2.25. The molecule has 22 heavy (non-hydrogen) atoms. The van der Waals surface area contributed by atoms with Crippen molar-refractivity contribution in [1.29, 1.82) is 0 Å². The molecule has 0 amide bonds. The Morgan fingerprint density at radius 3 is 2.77 bits per heavy atom. The van der Waals surface area contributed by atoms with E-state index in [1.165, 1.54) is 6.33 Å². The van der Waals surface area contributed by atoms with Gasteiger partial charge in [0.2, 0.25) is 0 Å². The van der Waals surface area contributed by atoms with Crippen LogP contribution in [-0.2, 0) is 0 Å². The number of aromatic nitrogens is 4. The van der Waals surface area contributed by atoms with Crippen LogP contribution >= 0.6 is 0 Å². The van der Waals surface area contributed by atoms with Crippen LogP contribution in [0.2, 0.25) is 0 Å². The molecule has 6 heteroatoms. The first-order valence-electron chi connectivity index (χ1n) is 7.36. The van der Waals surface area contributed by atoms with Crippen molar-refractivity contribution in [1.82, 2.24) is 19.6 Å². The van der Waals surface area contributed by atoms with Gasteiger partial charge in [-0.2, -0.15) is 14.6 Å². The number of β-amino-alcohol motifs (C(OH)–C–C–N with tert-alkyl or cyclic N) is 1. The summed E-state index contributed by atoms with van der Waals surface area (Å²) in [4.78, 5) is 10.9. The fourth-order valence-corrected chi connectivity index (χ4v) is 2.92. The van der Waals surface area contributed by atoms with Gasteiger partial charge in [0.25, 0.3) is 5.78 Å². The summed E-state index contributed by atoms with van der Waals surface area (Å²) in [6, 6.07) is 12.0. The van der Waals surface area contributed by atoms with E-state index in [1.54, 1.807) is 4.52 Å². The van der Waals surface area contributed by atoms with Crippen molar-refractivity contribution in [2.45, 2.75) is 18.9 Å². The molecule has 4 rings (SSSR count). The minimum atomic E-state index is -0.664. The van der Waals surface area contributed by atoms with Crippen molar-refractivity contribution in [3.05, 3.63) is 42.7 Å². The number of anilines is 1. The monoisotopic (exact) mass is 295 g/mol. The highest BCUT2D eigenvalue weighted by Gasteiger charge is 2.33. The second-order valence-electron chi connectivity index (χ2n) is 6.01. The maximum Gasteiger partial charge on any atom is 0.254 e. The van der Waals surface area contributed by atoms with Crippen LogP contribution in [0.1, 0.15) is 13.3 Å². The summed E-state index contributed by atoms with van der Waals surface area (Å²) < 4.78 is 1.73. The van der Waals surface area contributed by atoms with Crippen molar-refractivity contribution in [3.63, 3.8) is 0 Å². The molecule has 1 fully saturated rings. The molecule has 0 radical (unpaired) electrons. The van der Waals surface area contributed by atoms with Gasteiger partial charge >= 0.3 is 0 Å². The van der Waals surface area contributed by atoms with Gasteiger partial charge in [-0.1, -0.05) is 30.3 Å². The standard InChI is InChI=1S/C16H17N5O/c1-16(22)7-8-20(10-16)14-9-13(12-5-3-2-4-6-12)19-15-17-11-18-21(14)15/h2-6,9,11,22H,7-8,10H2,1H3. The van der Waals surface area contributed by atoms with Gasteiger partial charge in [0.15, 0.2) is 0 Å². The van der Waals surface area contributed by atoms with Crippen LogP contribution in [0.3, 0.4) is 0 Å².